The number of nitrogen functional groups attached to an aromatic ring is 1. The van der Waals surface area contributed by atoms with Gasteiger partial charge in [0.1, 0.15) is 5.82 Å². The molecule has 0 saturated heterocycles. The Balaban J connectivity index is 2.41. The van der Waals surface area contributed by atoms with Gasteiger partial charge in [0, 0.05) is 19.5 Å². The molecule has 2 rings (SSSR count). The summed E-state index contributed by atoms with van der Waals surface area (Å²) in [4.78, 5) is 41.4. The molecule has 2 heterocycles. The van der Waals surface area contributed by atoms with Gasteiger partial charge in [0.05, 0.1) is 0 Å². The number of hydrogen-bond donors (Lipinski definition) is 2. The highest BCUT2D eigenvalue weighted by atomic mass is 32.1. The molecular weight excluding hydrogens is 364 g/mol. The lowest BCUT2D eigenvalue weighted by molar-refractivity contribution is -0.118. The Labute approximate surface area is 162 Å². The summed E-state index contributed by atoms with van der Waals surface area (Å²) < 4.78 is 1.33. The van der Waals surface area contributed by atoms with Gasteiger partial charge in [-0.25, -0.2) is 4.79 Å². The number of H-pyrrole nitrogens is 1. The molecule has 0 unspecified atom stereocenters. The van der Waals surface area contributed by atoms with Crippen LogP contribution in [0.3, 0.4) is 0 Å². The van der Waals surface area contributed by atoms with Crippen molar-refractivity contribution in [2.24, 2.45) is 11.8 Å². The van der Waals surface area contributed by atoms with Crippen molar-refractivity contribution in [1.29, 1.82) is 0 Å². The van der Waals surface area contributed by atoms with Gasteiger partial charge in [0.2, 0.25) is 5.91 Å². The first-order chi connectivity index (χ1) is 12.7. The van der Waals surface area contributed by atoms with E-state index in [1.54, 1.807) is 11.3 Å². The Kier molecular flexibility index (Phi) is 7.01. The van der Waals surface area contributed by atoms with E-state index in [0.717, 1.165) is 5.56 Å². The summed E-state index contributed by atoms with van der Waals surface area (Å²) in [5.41, 5.74) is 6.17. The van der Waals surface area contributed by atoms with Crippen molar-refractivity contribution in [3.8, 4) is 0 Å². The molecule has 0 aliphatic carbocycles. The maximum Gasteiger partial charge on any atom is 0.330 e. The number of anilines is 2. The molecule has 0 aliphatic rings. The molecule has 0 spiro atoms. The zero-order chi connectivity index (χ0) is 20.1. The summed E-state index contributed by atoms with van der Waals surface area (Å²) in [6.07, 6.45) is 0.867. The first-order valence-corrected chi connectivity index (χ1v) is 10.1. The number of nitrogens with zero attached hydrogens (tertiary/aromatic N) is 2. The van der Waals surface area contributed by atoms with E-state index < -0.39 is 11.2 Å². The first kappa shape index (κ1) is 21.0. The number of carbonyl (C=O) groups is 1. The van der Waals surface area contributed by atoms with Crippen molar-refractivity contribution in [2.45, 2.75) is 47.1 Å². The topological polar surface area (TPSA) is 101 Å². The molecule has 3 N–H and O–H groups in total. The first-order valence-electron chi connectivity index (χ1n) is 9.14. The van der Waals surface area contributed by atoms with Gasteiger partial charge in [-0.05, 0) is 40.6 Å². The van der Waals surface area contributed by atoms with Crippen LogP contribution in [-0.2, 0) is 17.8 Å². The van der Waals surface area contributed by atoms with Crippen LogP contribution in [0.15, 0.2) is 26.4 Å². The largest absolute Gasteiger partial charge is 0.383 e. The fourth-order valence-corrected chi connectivity index (χ4v) is 3.59. The summed E-state index contributed by atoms with van der Waals surface area (Å²) >= 11 is 1.58. The van der Waals surface area contributed by atoms with E-state index in [9.17, 15) is 14.4 Å². The Morgan fingerprint density at radius 3 is 2.52 bits per heavy atom. The van der Waals surface area contributed by atoms with Crippen molar-refractivity contribution in [2.75, 3.05) is 17.2 Å². The maximum absolute atomic E-state index is 12.9. The molecule has 27 heavy (non-hydrogen) atoms. The van der Waals surface area contributed by atoms with E-state index in [2.05, 4.69) is 4.98 Å². The summed E-state index contributed by atoms with van der Waals surface area (Å²) in [6, 6.07) is 1.98. The molecule has 0 atom stereocenters. The summed E-state index contributed by atoms with van der Waals surface area (Å²) in [5, 5.41) is 3.97. The molecule has 148 valence electrons. The fraction of sp³-hybridized carbons (Fsp3) is 0.526. The van der Waals surface area contributed by atoms with Gasteiger partial charge < -0.3 is 10.6 Å². The molecule has 2 aromatic heterocycles. The number of rotatable bonds is 8. The molecular formula is C19H28N4O3S. The number of aryl methyl sites for hydroxylation is 1. The van der Waals surface area contributed by atoms with E-state index in [0.29, 0.717) is 19.5 Å². The molecule has 8 heteroatoms. The van der Waals surface area contributed by atoms with Crippen molar-refractivity contribution in [1.82, 2.24) is 9.55 Å². The lowest BCUT2D eigenvalue weighted by atomic mass is 10.1. The van der Waals surface area contributed by atoms with Crippen LogP contribution in [0.1, 0.15) is 39.7 Å². The van der Waals surface area contributed by atoms with E-state index in [1.165, 1.54) is 9.47 Å². The second kappa shape index (κ2) is 9.03. The number of nitrogens with one attached hydrogen (secondary N) is 1. The van der Waals surface area contributed by atoms with Crippen LogP contribution >= 0.6 is 11.3 Å². The van der Waals surface area contributed by atoms with Gasteiger partial charge in [-0.3, -0.25) is 19.1 Å². The Morgan fingerprint density at radius 2 is 1.96 bits per heavy atom. The maximum atomic E-state index is 12.9. The fourth-order valence-electron chi connectivity index (χ4n) is 2.89. The third-order valence-electron chi connectivity index (χ3n) is 4.09. The summed E-state index contributed by atoms with van der Waals surface area (Å²) in [7, 11) is 0. The third-order valence-corrected chi connectivity index (χ3v) is 4.82. The van der Waals surface area contributed by atoms with E-state index in [-0.39, 0.29) is 35.7 Å². The van der Waals surface area contributed by atoms with Gasteiger partial charge in [-0.15, -0.1) is 0 Å². The van der Waals surface area contributed by atoms with Gasteiger partial charge in [0.15, 0.2) is 5.69 Å². The minimum Gasteiger partial charge on any atom is -0.383 e. The SMILES string of the molecule is CC(C)CN(C(=O)CCc1ccsc1)c1c(N)n(CC(C)C)c(=O)[nH]c1=O. The number of amides is 1. The number of aromatic amines is 1. The Hall–Kier alpha value is -2.35. The van der Waals surface area contributed by atoms with Crippen LogP contribution in [-0.4, -0.2) is 22.0 Å². The number of nitrogens with two attached hydrogens (primary N) is 1. The molecule has 0 aromatic carbocycles. The molecule has 0 saturated carbocycles. The average molecular weight is 393 g/mol. The predicted octanol–water partition coefficient (Wildman–Crippen LogP) is 2.46. The number of carbonyl (C=O) groups excluding carboxylic acids is 1. The third kappa shape index (κ3) is 5.32. The molecule has 0 aliphatic heterocycles. The Bertz CT molecular complexity index is 881. The van der Waals surface area contributed by atoms with Crippen LogP contribution in [0.5, 0.6) is 0 Å². The molecule has 0 fully saturated rings. The molecule has 1 amide bonds. The lowest BCUT2D eigenvalue weighted by Gasteiger charge is -2.26. The highest BCUT2D eigenvalue weighted by molar-refractivity contribution is 7.07. The molecule has 7 nitrogen and oxygen atoms in total. The van der Waals surface area contributed by atoms with Crippen LogP contribution in [0.4, 0.5) is 11.5 Å². The van der Waals surface area contributed by atoms with Crippen LogP contribution < -0.4 is 21.9 Å². The van der Waals surface area contributed by atoms with Gasteiger partial charge in [-0.2, -0.15) is 11.3 Å². The monoisotopic (exact) mass is 392 g/mol. The van der Waals surface area contributed by atoms with E-state index >= 15 is 0 Å². The average Bonchev–Trinajstić information content (AvgIpc) is 3.08. The van der Waals surface area contributed by atoms with E-state index in [1.807, 2.05) is 44.5 Å². The van der Waals surface area contributed by atoms with Crippen molar-refractivity contribution < 1.29 is 4.79 Å². The normalized spacial score (nSPS) is 11.3. The quantitative estimate of drug-likeness (QED) is 0.720. The zero-order valence-corrected chi connectivity index (χ0v) is 17.1. The predicted molar refractivity (Wildman–Crippen MR) is 110 cm³/mol. The van der Waals surface area contributed by atoms with Crippen LogP contribution in [0.25, 0.3) is 0 Å². The standard InChI is InChI=1S/C19H28N4O3S/c1-12(2)9-22(15(24)6-5-14-7-8-27-11-14)16-17(20)23(10-13(3)4)19(26)21-18(16)25/h7-8,11-13H,5-6,9-10,20H2,1-4H3,(H,21,25,26). The molecule has 2 aromatic rings. The van der Waals surface area contributed by atoms with Crippen LogP contribution in [0.2, 0.25) is 0 Å². The van der Waals surface area contributed by atoms with E-state index in [4.69, 9.17) is 5.73 Å². The van der Waals surface area contributed by atoms with Crippen LogP contribution in [0, 0.1) is 11.8 Å². The van der Waals surface area contributed by atoms with Gasteiger partial charge >= 0.3 is 5.69 Å². The summed E-state index contributed by atoms with van der Waals surface area (Å²) in [5.74, 6) is 0.166. The number of hydrogen-bond acceptors (Lipinski definition) is 5. The van der Waals surface area contributed by atoms with Gasteiger partial charge in [-0.1, -0.05) is 27.7 Å². The second-order valence-corrected chi connectivity index (χ2v) is 8.31. The van der Waals surface area contributed by atoms with Crippen molar-refractivity contribution in [3.63, 3.8) is 0 Å². The Morgan fingerprint density at radius 1 is 1.26 bits per heavy atom. The number of aromatic nitrogens is 2. The van der Waals surface area contributed by atoms with Crippen molar-refractivity contribution in [3.05, 3.63) is 43.2 Å². The molecule has 0 bridgehead atoms. The minimum atomic E-state index is -0.623. The molecule has 0 radical (unpaired) electrons. The van der Waals surface area contributed by atoms with Gasteiger partial charge in [0.25, 0.3) is 5.56 Å². The lowest BCUT2D eigenvalue weighted by Crippen LogP contribution is -2.43. The number of thiophene rings is 1. The highest BCUT2D eigenvalue weighted by Crippen LogP contribution is 2.21. The minimum absolute atomic E-state index is 0.0435. The smallest absolute Gasteiger partial charge is 0.330 e. The summed E-state index contributed by atoms with van der Waals surface area (Å²) in [6.45, 7) is 8.56. The highest BCUT2D eigenvalue weighted by Gasteiger charge is 2.25. The zero-order valence-electron chi connectivity index (χ0n) is 16.3. The van der Waals surface area contributed by atoms with Crippen molar-refractivity contribution >= 4 is 28.7 Å². The second-order valence-electron chi connectivity index (χ2n) is 7.53.